The number of anilines is 2. The molecule has 4 amide bonds. The van der Waals surface area contributed by atoms with Crippen LogP contribution in [-0.2, 0) is 43.9 Å². The number of carbonyl (C=O) groups is 4. The molecule has 2 aliphatic heterocycles. The van der Waals surface area contributed by atoms with Crippen LogP contribution >= 0.6 is 0 Å². The second kappa shape index (κ2) is 13.9. The minimum Gasteiger partial charge on any atom is -0.491 e. The molecule has 3 aromatic carbocycles. The van der Waals surface area contributed by atoms with Gasteiger partial charge >= 0.3 is 24.7 Å². The summed E-state index contributed by atoms with van der Waals surface area (Å²) in [4.78, 5) is 56.9. The molecule has 6 atom stereocenters. The summed E-state index contributed by atoms with van der Waals surface area (Å²) >= 11 is 0. The molecular formula is C38H26F12N2O6. The first-order chi connectivity index (χ1) is 26.9. The minimum atomic E-state index is -5.35. The molecule has 0 radical (unpaired) electrons. The van der Waals surface area contributed by atoms with Gasteiger partial charge in [-0.3, -0.25) is 19.2 Å². The van der Waals surface area contributed by atoms with Crippen LogP contribution in [0, 0.1) is 29.6 Å². The number of nitrogens with zero attached hydrogens (tertiary/aromatic N) is 2. The normalized spacial score (nSPS) is 25.2. The second-order valence-corrected chi connectivity index (χ2v) is 14.2. The van der Waals surface area contributed by atoms with E-state index in [1.807, 2.05) is 0 Å². The molecule has 0 bridgehead atoms. The van der Waals surface area contributed by atoms with Crippen molar-refractivity contribution in [3.8, 4) is 5.75 Å². The predicted molar refractivity (Wildman–Crippen MR) is 174 cm³/mol. The highest BCUT2D eigenvalue weighted by Crippen LogP contribution is 2.59. The molecule has 8 nitrogen and oxygen atoms in total. The molecule has 3 aromatic rings. The van der Waals surface area contributed by atoms with Gasteiger partial charge in [-0.15, -0.1) is 0 Å². The summed E-state index contributed by atoms with van der Waals surface area (Å²) in [6, 6.07) is 6.07. The number of benzene rings is 3. The molecule has 2 aliphatic carbocycles. The molecule has 20 heteroatoms. The van der Waals surface area contributed by atoms with E-state index < -0.39 is 124 Å². The lowest BCUT2D eigenvalue weighted by molar-refractivity contribution is -0.144. The first kappa shape index (κ1) is 40.8. The second-order valence-electron chi connectivity index (χ2n) is 14.2. The summed E-state index contributed by atoms with van der Waals surface area (Å²) in [7, 11) is 0. The summed E-state index contributed by atoms with van der Waals surface area (Å²) in [5, 5.41) is 9.13. The predicted octanol–water partition coefficient (Wildman–Crippen LogP) is 8.18. The van der Waals surface area contributed by atoms with Crippen LogP contribution in [0.2, 0.25) is 0 Å². The Morgan fingerprint density at radius 1 is 0.569 bits per heavy atom. The number of amides is 4. The third-order valence-corrected chi connectivity index (χ3v) is 10.9. The van der Waals surface area contributed by atoms with E-state index in [2.05, 4.69) is 0 Å². The number of hydrogen-bond acceptors (Lipinski definition) is 6. The Morgan fingerprint density at radius 2 is 1.00 bits per heavy atom. The van der Waals surface area contributed by atoms with E-state index in [9.17, 15) is 71.9 Å². The summed E-state index contributed by atoms with van der Waals surface area (Å²) in [5.74, 6) is -13.0. The quantitative estimate of drug-likeness (QED) is 0.153. The number of allylic oxidation sites excluding steroid dienone is 2. The molecule has 2 saturated heterocycles. The van der Waals surface area contributed by atoms with Gasteiger partial charge in [0.15, 0.2) is 0 Å². The molecule has 4 aliphatic rings. The zero-order chi connectivity index (χ0) is 42.4. The average molecular weight is 835 g/mol. The smallest absolute Gasteiger partial charge is 0.416 e. The summed E-state index contributed by atoms with van der Waals surface area (Å²) in [6.07, 6.45) is -20.8. The Hall–Kier alpha value is -5.40. The molecular weight excluding hydrogens is 808 g/mol. The third kappa shape index (κ3) is 6.97. The van der Waals surface area contributed by atoms with E-state index in [1.54, 1.807) is 0 Å². The van der Waals surface area contributed by atoms with Crippen LogP contribution in [0.15, 0.2) is 72.3 Å². The molecule has 308 valence electrons. The van der Waals surface area contributed by atoms with Crippen LogP contribution in [0.3, 0.4) is 0 Å². The Balaban J connectivity index is 1.34. The lowest BCUT2D eigenvalue weighted by Gasteiger charge is -2.44. The van der Waals surface area contributed by atoms with Crippen molar-refractivity contribution < 1.29 is 81.7 Å². The number of rotatable bonds is 6. The number of alkyl halides is 12. The highest BCUT2D eigenvalue weighted by molar-refractivity contribution is 6.24. The first-order valence-corrected chi connectivity index (χ1v) is 17.3. The van der Waals surface area contributed by atoms with E-state index in [0.29, 0.717) is 0 Å². The summed E-state index contributed by atoms with van der Waals surface area (Å²) in [6.45, 7) is -0.503. The highest BCUT2D eigenvalue weighted by Gasteiger charge is 2.62. The number of aliphatic hydroxyl groups is 1. The topological polar surface area (TPSA) is 104 Å². The lowest BCUT2D eigenvalue weighted by atomic mass is 9.57. The Labute approximate surface area is 318 Å². The first-order valence-electron chi connectivity index (χ1n) is 17.3. The summed E-state index contributed by atoms with van der Waals surface area (Å²) < 4.78 is 171. The molecule has 0 spiro atoms. The van der Waals surface area contributed by atoms with Gasteiger partial charge in [0, 0.05) is 5.92 Å². The summed E-state index contributed by atoms with van der Waals surface area (Å²) in [5.41, 5.74) is -8.85. The highest BCUT2D eigenvalue weighted by atomic mass is 19.4. The van der Waals surface area contributed by atoms with Crippen LogP contribution in [0.1, 0.15) is 46.6 Å². The van der Waals surface area contributed by atoms with Crippen molar-refractivity contribution in [3.63, 3.8) is 0 Å². The fraction of sp³-hybridized carbons (Fsp3) is 0.368. The van der Waals surface area contributed by atoms with Crippen LogP contribution in [0.25, 0.3) is 0 Å². The van der Waals surface area contributed by atoms with Crippen LogP contribution < -0.4 is 14.5 Å². The molecule has 2 heterocycles. The zero-order valence-corrected chi connectivity index (χ0v) is 29.1. The molecule has 1 N–H and O–H groups in total. The van der Waals surface area contributed by atoms with Gasteiger partial charge in [0.25, 0.3) is 0 Å². The van der Waals surface area contributed by atoms with Crippen LogP contribution in [0.4, 0.5) is 64.1 Å². The van der Waals surface area contributed by atoms with E-state index >= 15 is 0 Å². The molecule has 6 unspecified atom stereocenters. The van der Waals surface area contributed by atoms with Gasteiger partial charge in [0.05, 0.1) is 63.9 Å². The minimum absolute atomic E-state index is 0.133. The average Bonchev–Trinajstić information content (AvgIpc) is 3.54. The van der Waals surface area contributed by atoms with Crippen molar-refractivity contribution >= 4 is 35.0 Å². The number of hydrogen-bond donors (Lipinski definition) is 1. The SMILES string of the molecule is O=C1C2CC=C3C(CC4C(=O)N(c5cc(C(F)(F)F)cc(C(F)(F)F)c5)C(=O)C4C3c3ccc(OCCO)cc3)C2C(=O)N1c1cc(C(F)(F)F)cc(C(F)(F)F)c1. The van der Waals surface area contributed by atoms with Gasteiger partial charge < -0.3 is 9.84 Å². The van der Waals surface area contributed by atoms with Gasteiger partial charge in [-0.25, -0.2) is 9.80 Å². The largest absolute Gasteiger partial charge is 0.491 e. The molecule has 3 fully saturated rings. The van der Waals surface area contributed by atoms with Crippen molar-refractivity contribution in [1.29, 1.82) is 0 Å². The van der Waals surface area contributed by atoms with E-state index in [4.69, 9.17) is 9.84 Å². The number of imide groups is 2. The van der Waals surface area contributed by atoms with Crippen molar-refractivity contribution in [2.24, 2.45) is 29.6 Å². The van der Waals surface area contributed by atoms with Crippen LogP contribution in [0.5, 0.6) is 5.75 Å². The van der Waals surface area contributed by atoms with Gasteiger partial charge in [0.1, 0.15) is 12.4 Å². The number of fused-ring (bicyclic) bond motifs is 4. The van der Waals surface area contributed by atoms with Gasteiger partial charge in [-0.1, -0.05) is 23.8 Å². The monoisotopic (exact) mass is 834 g/mol. The maximum Gasteiger partial charge on any atom is 0.416 e. The molecule has 58 heavy (non-hydrogen) atoms. The van der Waals surface area contributed by atoms with Crippen LogP contribution in [-0.4, -0.2) is 41.9 Å². The van der Waals surface area contributed by atoms with Crippen molar-refractivity contribution in [3.05, 3.63) is 100 Å². The number of aliphatic hydroxyl groups excluding tert-OH is 1. The fourth-order valence-corrected chi connectivity index (χ4v) is 8.54. The maximum atomic E-state index is 14.3. The lowest BCUT2D eigenvalue weighted by Crippen LogP contribution is -2.43. The van der Waals surface area contributed by atoms with E-state index in [-0.39, 0.29) is 82.7 Å². The van der Waals surface area contributed by atoms with Crippen molar-refractivity contribution in [1.82, 2.24) is 0 Å². The standard InChI is InChI=1S/C38H26F12N2O6/c39-35(40,41)17-9-18(36(42,43)44)12-21(11-17)51-31(54)25-6-5-24-26(29(25)33(51)56)15-27-30(28(24)16-1-3-23(4-2-16)58-8-7-53)34(57)52(32(27)55)22-13-19(37(45,46)47)10-20(14-22)38(48,49)50/h1-5,9-14,25-30,53H,6-8,15H2. The Bertz CT molecular complexity index is 2160. The van der Waals surface area contributed by atoms with Gasteiger partial charge in [-0.05, 0) is 72.9 Å². The van der Waals surface area contributed by atoms with Gasteiger partial charge in [0.2, 0.25) is 23.6 Å². The Kier molecular flexibility index (Phi) is 9.75. The van der Waals surface area contributed by atoms with Crippen molar-refractivity contribution in [2.45, 2.75) is 43.5 Å². The fourth-order valence-electron chi connectivity index (χ4n) is 8.54. The number of halogens is 12. The molecule has 1 saturated carbocycles. The van der Waals surface area contributed by atoms with Gasteiger partial charge in [-0.2, -0.15) is 52.7 Å². The molecule has 0 aromatic heterocycles. The van der Waals surface area contributed by atoms with E-state index in [1.165, 1.54) is 30.3 Å². The molecule has 7 rings (SSSR count). The third-order valence-electron chi connectivity index (χ3n) is 10.9. The Morgan fingerprint density at radius 3 is 1.43 bits per heavy atom. The number of carbonyl (C=O) groups excluding carboxylic acids is 4. The maximum absolute atomic E-state index is 14.3. The van der Waals surface area contributed by atoms with Crippen molar-refractivity contribution in [2.75, 3.05) is 23.0 Å². The zero-order valence-electron chi connectivity index (χ0n) is 29.1. The van der Waals surface area contributed by atoms with E-state index in [0.717, 1.165) is 0 Å². The number of ether oxygens (including phenoxy) is 1.